The van der Waals surface area contributed by atoms with E-state index in [1.807, 2.05) is 37.1 Å². The van der Waals surface area contributed by atoms with Gasteiger partial charge in [0.05, 0.1) is 30.6 Å². The summed E-state index contributed by atoms with van der Waals surface area (Å²) in [5.74, 6) is 1.87. The minimum atomic E-state index is -0.0222. The van der Waals surface area contributed by atoms with E-state index in [0.717, 1.165) is 54.3 Å². The maximum absolute atomic E-state index is 12.7. The van der Waals surface area contributed by atoms with Crippen molar-refractivity contribution in [2.24, 2.45) is 5.92 Å². The lowest BCUT2D eigenvalue weighted by Crippen LogP contribution is -2.40. The number of amides is 1. The molecule has 4 rings (SSSR count). The van der Waals surface area contributed by atoms with Crippen LogP contribution < -0.4 is 4.74 Å². The van der Waals surface area contributed by atoms with Crippen molar-refractivity contribution >= 4 is 11.6 Å². The molecule has 1 aliphatic heterocycles. The van der Waals surface area contributed by atoms with Gasteiger partial charge in [-0.15, -0.1) is 5.10 Å². The molecule has 1 saturated heterocycles. The third-order valence-corrected chi connectivity index (χ3v) is 6.01. The lowest BCUT2D eigenvalue weighted by Gasteiger charge is -2.31. The molecule has 1 amide bonds. The fraction of sp³-hybridized carbons (Fsp3) is 0.565. The molecule has 3 aromatic rings. The first-order valence-electron chi connectivity index (χ1n) is 10.9. The number of carbonyl (C=O) groups excluding carboxylic acids is 1. The number of fused-ring (bicyclic) bond motifs is 1. The highest BCUT2D eigenvalue weighted by Gasteiger charge is 2.25. The fourth-order valence-corrected chi connectivity index (χ4v) is 3.87. The van der Waals surface area contributed by atoms with Gasteiger partial charge in [0.1, 0.15) is 5.76 Å². The Kier molecular flexibility index (Phi) is 5.73. The molecule has 0 radical (unpaired) electrons. The van der Waals surface area contributed by atoms with Crippen LogP contribution in [0.5, 0.6) is 5.88 Å². The zero-order valence-corrected chi connectivity index (χ0v) is 19.0. The summed E-state index contributed by atoms with van der Waals surface area (Å²) >= 11 is 0. The molecule has 3 aromatic heterocycles. The number of imidazole rings is 1. The van der Waals surface area contributed by atoms with Gasteiger partial charge < -0.3 is 14.2 Å². The lowest BCUT2D eigenvalue weighted by atomic mass is 9.93. The molecule has 0 aromatic carbocycles. The van der Waals surface area contributed by atoms with E-state index in [2.05, 4.69) is 36.0 Å². The summed E-state index contributed by atoms with van der Waals surface area (Å²) in [7, 11) is 0. The van der Waals surface area contributed by atoms with Gasteiger partial charge in [-0.05, 0) is 38.7 Å². The number of aromatic nitrogens is 4. The molecule has 1 aliphatic rings. The standard InChI is InChI=1S/C23H31N5O3/c1-15-18(16(2)31-26-15)12-22(29)27-10-8-17(9-11-27)14-30-21-7-6-20-24-19(23(3,4)5)13-28(20)25-21/h6-7,13,17H,8-12,14H2,1-5H3. The van der Waals surface area contributed by atoms with Crippen LogP contribution >= 0.6 is 0 Å². The van der Waals surface area contributed by atoms with E-state index in [1.54, 1.807) is 4.52 Å². The maximum Gasteiger partial charge on any atom is 0.231 e. The third-order valence-electron chi connectivity index (χ3n) is 6.01. The molecular weight excluding hydrogens is 394 g/mol. The number of piperidine rings is 1. The maximum atomic E-state index is 12.7. The van der Waals surface area contributed by atoms with Gasteiger partial charge in [-0.1, -0.05) is 25.9 Å². The topological polar surface area (TPSA) is 85.8 Å². The monoisotopic (exact) mass is 425 g/mol. The summed E-state index contributed by atoms with van der Waals surface area (Å²) in [6.07, 6.45) is 4.17. The van der Waals surface area contributed by atoms with Gasteiger partial charge in [-0.3, -0.25) is 4.79 Å². The molecule has 8 heteroatoms. The number of carbonyl (C=O) groups is 1. The highest BCUT2D eigenvalue weighted by atomic mass is 16.5. The molecule has 31 heavy (non-hydrogen) atoms. The van der Waals surface area contributed by atoms with E-state index in [1.165, 1.54) is 0 Å². The van der Waals surface area contributed by atoms with Gasteiger partial charge in [0, 0.05) is 30.1 Å². The highest BCUT2D eigenvalue weighted by molar-refractivity contribution is 5.79. The largest absolute Gasteiger partial charge is 0.476 e. The van der Waals surface area contributed by atoms with E-state index in [0.29, 0.717) is 24.8 Å². The summed E-state index contributed by atoms with van der Waals surface area (Å²) in [6.45, 7) is 12.2. The third kappa shape index (κ3) is 4.73. The van der Waals surface area contributed by atoms with Crippen molar-refractivity contribution in [1.29, 1.82) is 0 Å². The minimum Gasteiger partial charge on any atom is -0.476 e. The number of hydrogen-bond donors (Lipinski definition) is 0. The predicted octanol–water partition coefficient (Wildman–Crippen LogP) is 3.49. The minimum absolute atomic E-state index is 0.0222. The van der Waals surface area contributed by atoms with Gasteiger partial charge in [0.25, 0.3) is 0 Å². The molecule has 0 spiro atoms. The first kappa shape index (κ1) is 21.3. The molecule has 0 N–H and O–H groups in total. The molecule has 0 saturated carbocycles. The van der Waals surface area contributed by atoms with Crippen LogP contribution in [0.1, 0.15) is 56.3 Å². The van der Waals surface area contributed by atoms with Crippen molar-refractivity contribution in [2.75, 3.05) is 19.7 Å². The van der Waals surface area contributed by atoms with Crippen molar-refractivity contribution < 1.29 is 14.1 Å². The van der Waals surface area contributed by atoms with Gasteiger partial charge in [0.15, 0.2) is 5.65 Å². The number of ether oxygens (including phenoxy) is 1. The van der Waals surface area contributed by atoms with Crippen LogP contribution in [0, 0.1) is 19.8 Å². The van der Waals surface area contributed by atoms with E-state index in [9.17, 15) is 4.79 Å². The van der Waals surface area contributed by atoms with Crippen molar-refractivity contribution in [3.8, 4) is 5.88 Å². The second-order valence-electron chi connectivity index (χ2n) is 9.47. The summed E-state index contributed by atoms with van der Waals surface area (Å²) in [5, 5.41) is 8.49. The van der Waals surface area contributed by atoms with E-state index >= 15 is 0 Å². The molecular formula is C23H31N5O3. The Labute approximate surface area is 182 Å². The fourth-order valence-electron chi connectivity index (χ4n) is 3.87. The van der Waals surface area contributed by atoms with Crippen LogP contribution in [0.2, 0.25) is 0 Å². The predicted molar refractivity (Wildman–Crippen MR) is 116 cm³/mol. The SMILES string of the molecule is Cc1noc(C)c1CC(=O)N1CCC(COc2ccc3nc(C(C)(C)C)cn3n2)CC1. The molecule has 0 bridgehead atoms. The zero-order chi connectivity index (χ0) is 22.2. The zero-order valence-electron chi connectivity index (χ0n) is 19.0. The Morgan fingerprint density at radius 2 is 1.97 bits per heavy atom. The van der Waals surface area contributed by atoms with Crippen molar-refractivity contribution in [1.82, 2.24) is 24.7 Å². The van der Waals surface area contributed by atoms with Gasteiger partial charge in [-0.25, -0.2) is 9.50 Å². The van der Waals surface area contributed by atoms with Crippen LogP contribution in [0.4, 0.5) is 0 Å². The summed E-state index contributed by atoms with van der Waals surface area (Å²) in [6, 6.07) is 3.81. The Balaban J connectivity index is 1.29. The van der Waals surface area contributed by atoms with Crippen LogP contribution in [0.3, 0.4) is 0 Å². The van der Waals surface area contributed by atoms with Crippen LogP contribution in [-0.2, 0) is 16.6 Å². The van der Waals surface area contributed by atoms with Gasteiger partial charge in [-0.2, -0.15) is 0 Å². The van der Waals surface area contributed by atoms with Gasteiger partial charge in [0.2, 0.25) is 11.8 Å². The molecule has 0 atom stereocenters. The van der Waals surface area contributed by atoms with E-state index in [-0.39, 0.29) is 11.3 Å². The van der Waals surface area contributed by atoms with E-state index < -0.39 is 0 Å². The van der Waals surface area contributed by atoms with Crippen molar-refractivity contribution in [3.05, 3.63) is 41.0 Å². The smallest absolute Gasteiger partial charge is 0.231 e. The van der Waals surface area contributed by atoms with Gasteiger partial charge >= 0.3 is 0 Å². The molecule has 166 valence electrons. The Hall–Kier alpha value is -2.90. The lowest BCUT2D eigenvalue weighted by molar-refractivity contribution is -0.132. The second-order valence-corrected chi connectivity index (χ2v) is 9.47. The van der Waals surface area contributed by atoms with Crippen molar-refractivity contribution in [2.45, 2.75) is 59.3 Å². The van der Waals surface area contributed by atoms with Crippen molar-refractivity contribution in [3.63, 3.8) is 0 Å². The number of rotatable bonds is 5. The molecule has 8 nitrogen and oxygen atoms in total. The molecule has 0 unspecified atom stereocenters. The summed E-state index contributed by atoms with van der Waals surface area (Å²) in [5.41, 5.74) is 3.51. The molecule has 1 fully saturated rings. The van der Waals surface area contributed by atoms with E-state index in [4.69, 9.17) is 9.26 Å². The first-order valence-corrected chi connectivity index (χ1v) is 10.9. The average Bonchev–Trinajstić information content (AvgIpc) is 3.31. The number of nitrogens with zero attached hydrogens (tertiary/aromatic N) is 5. The Morgan fingerprint density at radius 1 is 1.23 bits per heavy atom. The number of aryl methyl sites for hydroxylation is 2. The first-order chi connectivity index (χ1) is 14.7. The van der Waals surface area contributed by atoms with Crippen LogP contribution in [0.25, 0.3) is 5.65 Å². The molecule has 4 heterocycles. The highest BCUT2D eigenvalue weighted by Crippen LogP contribution is 2.23. The Bertz CT molecular complexity index is 1050. The second kappa shape index (κ2) is 8.32. The normalized spacial score (nSPS) is 15.6. The number of hydrogen-bond acceptors (Lipinski definition) is 6. The Morgan fingerprint density at radius 3 is 2.61 bits per heavy atom. The van der Waals surface area contributed by atoms with Crippen LogP contribution in [0.15, 0.2) is 22.9 Å². The quantitative estimate of drug-likeness (QED) is 0.622. The molecule has 0 aliphatic carbocycles. The summed E-state index contributed by atoms with van der Waals surface area (Å²) in [4.78, 5) is 19.2. The average molecular weight is 426 g/mol. The number of likely N-dealkylation sites (tertiary alicyclic amines) is 1. The van der Waals surface area contributed by atoms with Crippen LogP contribution in [-0.4, -0.2) is 50.3 Å². The summed E-state index contributed by atoms with van der Waals surface area (Å²) < 4.78 is 12.9.